The fourth-order valence-corrected chi connectivity index (χ4v) is 7.03. The summed E-state index contributed by atoms with van der Waals surface area (Å²) >= 11 is 6.24. The summed E-state index contributed by atoms with van der Waals surface area (Å²) in [4.78, 5) is 17.4. The average Bonchev–Trinajstić information content (AvgIpc) is 2.92. The topological polar surface area (TPSA) is 79.4 Å². The molecule has 1 aliphatic carbocycles. The Bertz CT molecular complexity index is 1160. The number of amides is 1. The number of sulfonamides is 1. The van der Waals surface area contributed by atoms with E-state index in [0.29, 0.717) is 31.9 Å². The monoisotopic (exact) mass is 535 g/mol. The lowest BCUT2D eigenvalue weighted by atomic mass is 9.95. The maximum absolute atomic E-state index is 13.7. The Balaban J connectivity index is 1.50. The summed E-state index contributed by atoms with van der Waals surface area (Å²) in [5.74, 6) is 1.03. The third kappa shape index (κ3) is 5.74. The van der Waals surface area contributed by atoms with E-state index < -0.39 is 10.0 Å². The highest BCUT2D eigenvalue weighted by atomic mass is 35.5. The van der Waals surface area contributed by atoms with Crippen LogP contribution in [0.4, 0.5) is 5.69 Å². The van der Waals surface area contributed by atoms with Gasteiger partial charge in [-0.25, -0.2) is 8.42 Å². The van der Waals surface area contributed by atoms with Gasteiger partial charge < -0.3 is 19.3 Å². The van der Waals surface area contributed by atoms with Crippen LogP contribution in [-0.2, 0) is 14.8 Å². The van der Waals surface area contributed by atoms with Crippen LogP contribution in [0.3, 0.4) is 0 Å². The number of rotatable bonds is 8. The van der Waals surface area contributed by atoms with E-state index in [9.17, 15) is 13.2 Å². The molecule has 10 heteroatoms. The zero-order valence-corrected chi connectivity index (χ0v) is 22.4. The van der Waals surface area contributed by atoms with Crippen LogP contribution in [0.1, 0.15) is 32.1 Å². The molecule has 0 spiro atoms. The molecule has 1 aliphatic heterocycles. The van der Waals surface area contributed by atoms with Crippen molar-refractivity contribution in [2.45, 2.75) is 43.0 Å². The van der Waals surface area contributed by atoms with Crippen molar-refractivity contribution in [2.75, 3.05) is 51.8 Å². The molecule has 1 heterocycles. The quantitative estimate of drug-likeness (QED) is 0.508. The number of anilines is 1. The van der Waals surface area contributed by atoms with E-state index >= 15 is 0 Å². The number of benzene rings is 2. The molecule has 0 aromatic heterocycles. The molecule has 1 saturated carbocycles. The zero-order chi connectivity index (χ0) is 25.7. The van der Waals surface area contributed by atoms with E-state index in [2.05, 4.69) is 4.90 Å². The third-order valence-electron chi connectivity index (χ3n) is 7.06. The molecule has 4 rings (SSSR count). The van der Waals surface area contributed by atoms with Gasteiger partial charge in [-0.15, -0.1) is 0 Å². The number of methoxy groups -OCH3 is 2. The molecule has 8 nitrogen and oxygen atoms in total. The van der Waals surface area contributed by atoms with Gasteiger partial charge in [-0.05, 0) is 43.2 Å². The van der Waals surface area contributed by atoms with Crippen molar-refractivity contribution in [1.29, 1.82) is 0 Å². The minimum absolute atomic E-state index is 0.0765. The maximum Gasteiger partial charge on any atom is 0.243 e. The summed E-state index contributed by atoms with van der Waals surface area (Å²) in [6, 6.07) is 12.1. The Morgan fingerprint density at radius 2 is 1.64 bits per heavy atom. The molecule has 2 aromatic carbocycles. The molecule has 0 N–H and O–H groups in total. The summed E-state index contributed by atoms with van der Waals surface area (Å²) in [5.41, 5.74) is 0.995. The van der Waals surface area contributed by atoms with Gasteiger partial charge in [-0.2, -0.15) is 4.31 Å². The first-order chi connectivity index (χ1) is 17.3. The predicted octanol–water partition coefficient (Wildman–Crippen LogP) is 4.03. The van der Waals surface area contributed by atoms with Crippen LogP contribution in [0.25, 0.3) is 0 Å². The van der Waals surface area contributed by atoms with Crippen LogP contribution in [0, 0.1) is 0 Å². The molecule has 196 valence electrons. The third-order valence-corrected chi connectivity index (χ3v) is 9.25. The Hall–Kier alpha value is -2.49. The number of hydrogen-bond donors (Lipinski definition) is 0. The normalized spacial score (nSPS) is 17.3. The molecular weight excluding hydrogens is 502 g/mol. The number of halogens is 1. The van der Waals surface area contributed by atoms with Gasteiger partial charge in [-0.3, -0.25) is 4.79 Å². The largest absolute Gasteiger partial charge is 0.495 e. The molecule has 2 aliphatic rings. The smallest absolute Gasteiger partial charge is 0.243 e. The minimum atomic E-state index is -3.93. The highest BCUT2D eigenvalue weighted by Crippen LogP contribution is 2.32. The fourth-order valence-electron chi connectivity index (χ4n) is 5.04. The Kier molecular flexibility index (Phi) is 8.64. The van der Waals surface area contributed by atoms with E-state index in [-0.39, 0.29) is 28.4 Å². The Morgan fingerprint density at radius 3 is 2.28 bits per heavy atom. The standard InChI is InChI=1S/C26H34ClN3O5S/c1-34-24-13-12-21(18-22(24)27)36(32,33)30(20-8-4-3-5-9-20)19-26(31)29-16-14-28(15-17-29)23-10-6-7-11-25(23)35-2/h6-7,10-13,18,20H,3-5,8-9,14-17,19H2,1-2H3. The lowest BCUT2D eigenvalue weighted by molar-refractivity contribution is -0.132. The molecule has 1 saturated heterocycles. The van der Waals surface area contributed by atoms with Crippen molar-refractivity contribution in [1.82, 2.24) is 9.21 Å². The van der Waals surface area contributed by atoms with Gasteiger partial charge in [0.15, 0.2) is 0 Å². The van der Waals surface area contributed by atoms with E-state index in [0.717, 1.165) is 43.5 Å². The van der Waals surface area contributed by atoms with Crippen LogP contribution >= 0.6 is 11.6 Å². The fraction of sp³-hybridized carbons (Fsp3) is 0.500. The van der Waals surface area contributed by atoms with Crippen molar-refractivity contribution >= 4 is 33.2 Å². The second-order valence-electron chi connectivity index (χ2n) is 9.18. The van der Waals surface area contributed by atoms with Gasteiger partial charge in [0.1, 0.15) is 11.5 Å². The molecule has 0 radical (unpaired) electrons. The van der Waals surface area contributed by atoms with Crippen molar-refractivity contribution in [3.63, 3.8) is 0 Å². The number of piperazine rings is 1. The van der Waals surface area contributed by atoms with Gasteiger partial charge in [-0.1, -0.05) is 43.0 Å². The first kappa shape index (κ1) is 26.6. The lowest BCUT2D eigenvalue weighted by Gasteiger charge is -2.38. The molecule has 0 atom stereocenters. The maximum atomic E-state index is 13.7. The first-order valence-electron chi connectivity index (χ1n) is 12.4. The van der Waals surface area contributed by atoms with Crippen LogP contribution < -0.4 is 14.4 Å². The molecular formula is C26H34ClN3O5S. The number of nitrogens with zero attached hydrogens (tertiary/aromatic N) is 3. The number of hydrogen-bond acceptors (Lipinski definition) is 6. The van der Waals surface area contributed by atoms with E-state index in [1.54, 1.807) is 18.1 Å². The van der Waals surface area contributed by atoms with Gasteiger partial charge >= 0.3 is 0 Å². The SMILES string of the molecule is COc1ccc(S(=O)(=O)N(CC(=O)N2CCN(c3ccccc3OC)CC2)C2CCCCC2)cc1Cl. The Morgan fingerprint density at radius 1 is 0.972 bits per heavy atom. The van der Waals surface area contributed by atoms with Gasteiger partial charge in [0.25, 0.3) is 0 Å². The molecule has 2 aromatic rings. The van der Waals surface area contributed by atoms with Gasteiger partial charge in [0.2, 0.25) is 15.9 Å². The number of carbonyl (C=O) groups is 1. The summed E-state index contributed by atoms with van der Waals surface area (Å²) < 4.78 is 39.5. The molecule has 0 bridgehead atoms. The summed E-state index contributed by atoms with van der Waals surface area (Å²) in [6.45, 7) is 2.16. The summed E-state index contributed by atoms with van der Waals surface area (Å²) in [6.07, 6.45) is 4.48. The summed E-state index contributed by atoms with van der Waals surface area (Å²) in [5, 5.41) is 0.223. The highest BCUT2D eigenvalue weighted by molar-refractivity contribution is 7.89. The zero-order valence-electron chi connectivity index (χ0n) is 20.9. The second kappa shape index (κ2) is 11.7. The summed E-state index contributed by atoms with van der Waals surface area (Å²) in [7, 11) is -0.796. The number of ether oxygens (including phenoxy) is 2. The van der Waals surface area contributed by atoms with Crippen molar-refractivity contribution in [3.05, 3.63) is 47.5 Å². The highest BCUT2D eigenvalue weighted by Gasteiger charge is 2.36. The molecule has 0 unspecified atom stereocenters. The minimum Gasteiger partial charge on any atom is -0.495 e. The van der Waals surface area contributed by atoms with E-state index in [1.165, 1.54) is 23.5 Å². The lowest BCUT2D eigenvalue weighted by Crippen LogP contribution is -2.53. The molecule has 1 amide bonds. The second-order valence-corrected chi connectivity index (χ2v) is 11.5. The van der Waals surface area contributed by atoms with Crippen LogP contribution in [-0.4, -0.2) is 76.5 Å². The van der Waals surface area contributed by atoms with Crippen molar-refractivity contribution < 1.29 is 22.7 Å². The van der Waals surface area contributed by atoms with Gasteiger partial charge in [0, 0.05) is 32.2 Å². The first-order valence-corrected chi connectivity index (χ1v) is 14.2. The molecule has 36 heavy (non-hydrogen) atoms. The van der Waals surface area contributed by atoms with Crippen molar-refractivity contribution in [3.8, 4) is 11.5 Å². The van der Waals surface area contributed by atoms with Crippen LogP contribution in [0.15, 0.2) is 47.4 Å². The van der Waals surface area contributed by atoms with Gasteiger partial charge in [0.05, 0.1) is 36.4 Å². The van der Waals surface area contributed by atoms with Crippen molar-refractivity contribution in [2.24, 2.45) is 0 Å². The number of carbonyl (C=O) groups excluding carboxylic acids is 1. The van der Waals surface area contributed by atoms with Crippen LogP contribution in [0.2, 0.25) is 5.02 Å². The van der Waals surface area contributed by atoms with Crippen LogP contribution in [0.5, 0.6) is 11.5 Å². The molecule has 2 fully saturated rings. The number of para-hydroxylation sites is 2. The van der Waals surface area contributed by atoms with E-state index in [4.69, 9.17) is 21.1 Å². The van der Waals surface area contributed by atoms with E-state index in [1.807, 2.05) is 24.3 Å². The predicted molar refractivity (Wildman–Crippen MR) is 141 cm³/mol. The average molecular weight is 536 g/mol. The Labute approximate surface area is 218 Å².